The van der Waals surface area contributed by atoms with Crippen molar-refractivity contribution in [2.75, 3.05) is 11.9 Å². The average molecular weight is 273 g/mol. The van der Waals surface area contributed by atoms with Gasteiger partial charge in [-0.2, -0.15) is 0 Å². The summed E-state index contributed by atoms with van der Waals surface area (Å²) in [5.74, 6) is 0.588. The SMILES string of the molecule is Cc1cc(OCC2(CBr)CC2)ccc1F. The number of ether oxygens (including phenoxy) is 1. The number of rotatable bonds is 4. The van der Waals surface area contributed by atoms with Crippen LogP contribution in [0.5, 0.6) is 5.75 Å². The van der Waals surface area contributed by atoms with Gasteiger partial charge in [0.25, 0.3) is 0 Å². The lowest BCUT2D eigenvalue weighted by molar-refractivity contribution is 0.251. The van der Waals surface area contributed by atoms with Gasteiger partial charge in [-0.15, -0.1) is 0 Å². The van der Waals surface area contributed by atoms with Crippen LogP contribution in [-0.4, -0.2) is 11.9 Å². The maximum Gasteiger partial charge on any atom is 0.126 e. The van der Waals surface area contributed by atoms with Crippen molar-refractivity contribution >= 4 is 15.9 Å². The summed E-state index contributed by atoms with van der Waals surface area (Å²) in [6, 6.07) is 4.89. The van der Waals surface area contributed by atoms with Crippen molar-refractivity contribution in [2.45, 2.75) is 19.8 Å². The van der Waals surface area contributed by atoms with Crippen LogP contribution in [-0.2, 0) is 0 Å². The molecule has 0 atom stereocenters. The van der Waals surface area contributed by atoms with Crippen LogP contribution >= 0.6 is 15.9 Å². The number of halogens is 2. The van der Waals surface area contributed by atoms with Gasteiger partial charge in [0, 0.05) is 10.7 Å². The molecule has 0 aliphatic heterocycles. The number of benzene rings is 1. The number of alkyl halides is 1. The minimum atomic E-state index is -0.177. The number of hydrogen-bond donors (Lipinski definition) is 0. The molecule has 1 nitrogen and oxygen atoms in total. The van der Waals surface area contributed by atoms with Gasteiger partial charge >= 0.3 is 0 Å². The first-order valence-electron chi connectivity index (χ1n) is 5.10. The van der Waals surface area contributed by atoms with Crippen LogP contribution in [0.3, 0.4) is 0 Å². The standard InChI is InChI=1S/C12H14BrFO/c1-9-6-10(2-3-11(9)14)15-8-12(7-13)4-5-12/h2-3,6H,4-5,7-8H2,1H3. The Labute approximate surface area is 97.8 Å². The highest BCUT2D eigenvalue weighted by molar-refractivity contribution is 9.09. The van der Waals surface area contributed by atoms with Gasteiger partial charge in [0.15, 0.2) is 0 Å². The molecule has 0 unspecified atom stereocenters. The van der Waals surface area contributed by atoms with Crippen molar-refractivity contribution in [3.8, 4) is 5.75 Å². The monoisotopic (exact) mass is 272 g/mol. The van der Waals surface area contributed by atoms with E-state index in [1.54, 1.807) is 19.1 Å². The van der Waals surface area contributed by atoms with Crippen molar-refractivity contribution in [1.29, 1.82) is 0 Å². The number of aryl methyl sites for hydroxylation is 1. The second-order valence-electron chi connectivity index (χ2n) is 4.33. The van der Waals surface area contributed by atoms with E-state index < -0.39 is 0 Å². The van der Waals surface area contributed by atoms with E-state index in [4.69, 9.17) is 4.74 Å². The topological polar surface area (TPSA) is 9.23 Å². The van der Waals surface area contributed by atoms with Crippen molar-refractivity contribution in [3.05, 3.63) is 29.6 Å². The Balaban J connectivity index is 1.96. The van der Waals surface area contributed by atoms with Crippen LogP contribution in [0.4, 0.5) is 4.39 Å². The van der Waals surface area contributed by atoms with E-state index in [1.807, 2.05) is 0 Å². The van der Waals surface area contributed by atoms with E-state index in [0.29, 0.717) is 11.0 Å². The summed E-state index contributed by atoms with van der Waals surface area (Å²) in [6.45, 7) is 2.48. The van der Waals surface area contributed by atoms with Gasteiger partial charge in [0.2, 0.25) is 0 Å². The van der Waals surface area contributed by atoms with Crippen molar-refractivity contribution < 1.29 is 9.13 Å². The highest BCUT2D eigenvalue weighted by Crippen LogP contribution is 2.47. The molecule has 1 aliphatic rings. The van der Waals surface area contributed by atoms with Crippen molar-refractivity contribution in [2.24, 2.45) is 5.41 Å². The molecule has 1 aromatic carbocycles. The molecule has 15 heavy (non-hydrogen) atoms. The summed E-state index contributed by atoms with van der Waals surface area (Å²) in [5.41, 5.74) is 0.971. The molecular weight excluding hydrogens is 259 g/mol. The molecule has 1 fully saturated rings. The molecule has 0 saturated heterocycles. The molecule has 0 amide bonds. The molecule has 0 N–H and O–H groups in total. The largest absolute Gasteiger partial charge is 0.493 e. The molecule has 0 heterocycles. The fourth-order valence-corrected chi connectivity index (χ4v) is 2.16. The molecule has 1 aromatic rings. The molecule has 2 rings (SSSR count). The van der Waals surface area contributed by atoms with Crippen LogP contribution in [0, 0.1) is 18.2 Å². The second-order valence-corrected chi connectivity index (χ2v) is 4.89. The van der Waals surface area contributed by atoms with Crippen LogP contribution in [0.15, 0.2) is 18.2 Å². The molecule has 1 saturated carbocycles. The normalized spacial score (nSPS) is 17.5. The lowest BCUT2D eigenvalue weighted by Crippen LogP contribution is -2.14. The Morgan fingerprint density at radius 1 is 1.47 bits per heavy atom. The molecule has 3 heteroatoms. The maximum atomic E-state index is 13.0. The molecule has 0 aromatic heterocycles. The van der Waals surface area contributed by atoms with E-state index in [9.17, 15) is 4.39 Å². The molecule has 0 radical (unpaired) electrons. The Bertz CT molecular complexity index is 361. The summed E-state index contributed by atoms with van der Waals surface area (Å²) in [7, 11) is 0. The number of hydrogen-bond acceptors (Lipinski definition) is 1. The Hall–Kier alpha value is -0.570. The van der Waals surface area contributed by atoms with Gasteiger partial charge in [0.05, 0.1) is 6.61 Å². The van der Waals surface area contributed by atoms with Crippen LogP contribution in [0.1, 0.15) is 18.4 Å². The predicted molar refractivity (Wildman–Crippen MR) is 62.1 cm³/mol. The van der Waals surface area contributed by atoms with Crippen LogP contribution in [0.2, 0.25) is 0 Å². The molecule has 1 aliphatic carbocycles. The first-order valence-corrected chi connectivity index (χ1v) is 6.22. The lowest BCUT2D eigenvalue weighted by Gasteiger charge is -2.13. The lowest BCUT2D eigenvalue weighted by atomic mass is 10.2. The van der Waals surface area contributed by atoms with Gasteiger partial charge in [-0.3, -0.25) is 0 Å². The summed E-state index contributed by atoms with van der Waals surface area (Å²) in [5, 5.41) is 0.986. The molecular formula is C12H14BrFO. The van der Waals surface area contributed by atoms with E-state index >= 15 is 0 Å². The summed E-state index contributed by atoms with van der Waals surface area (Å²) < 4.78 is 18.7. The van der Waals surface area contributed by atoms with Gasteiger partial charge < -0.3 is 4.74 Å². The zero-order valence-electron chi connectivity index (χ0n) is 8.72. The van der Waals surface area contributed by atoms with E-state index in [-0.39, 0.29) is 5.82 Å². The third-order valence-corrected chi connectivity index (χ3v) is 4.10. The van der Waals surface area contributed by atoms with E-state index in [2.05, 4.69) is 15.9 Å². The second kappa shape index (κ2) is 4.12. The highest BCUT2D eigenvalue weighted by atomic mass is 79.9. The quantitative estimate of drug-likeness (QED) is 0.760. The predicted octanol–water partition coefficient (Wildman–Crippen LogP) is 3.69. The first kappa shape index (κ1) is 10.9. The molecule has 82 valence electrons. The van der Waals surface area contributed by atoms with Gasteiger partial charge in [0.1, 0.15) is 11.6 Å². The molecule has 0 spiro atoms. The van der Waals surface area contributed by atoms with Crippen LogP contribution in [0.25, 0.3) is 0 Å². The van der Waals surface area contributed by atoms with Crippen molar-refractivity contribution in [3.63, 3.8) is 0 Å². The third kappa shape index (κ3) is 2.51. The Morgan fingerprint density at radius 3 is 2.73 bits per heavy atom. The van der Waals surface area contributed by atoms with Crippen LogP contribution < -0.4 is 4.74 Å². The van der Waals surface area contributed by atoms with Gasteiger partial charge in [-0.25, -0.2) is 4.39 Å². The van der Waals surface area contributed by atoms with E-state index in [1.165, 1.54) is 18.9 Å². The summed E-state index contributed by atoms with van der Waals surface area (Å²) in [6.07, 6.45) is 2.44. The average Bonchev–Trinajstić information content (AvgIpc) is 3.01. The highest BCUT2D eigenvalue weighted by Gasteiger charge is 2.42. The zero-order valence-corrected chi connectivity index (χ0v) is 10.3. The third-order valence-electron chi connectivity index (χ3n) is 2.92. The van der Waals surface area contributed by atoms with Crippen molar-refractivity contribution in [1.82, 2.24) is 0 Å². The van der Waals surface area contributed by atoms with Gasteiger partial charge in [-0.05, 0) is 43.5 Å². The zero-order chi connectivity index (χ0) is 10.9. The summed E-state index contributed by atoms with van der Waals surface area (Å²) in [4.78, 5) is 0. The smallest absolute Gasteiger partial charge is 0.126 e. The summed E-state index contributed by atoms with van der Waals surface area (Å²) >= 11 is 3.49. The first-order chi connectivity index (χ1) is 7.15. The fourth-order valence-electron chi connectivity index (χ4n) is 1.44. The van der Waals surface area contributed by atoms with E-state index in [0.717, 1.165) is 17.7 Å². The molecule has 0 bridgehead atoms. The Morgan fingerprint density at radius 2 is 2.20 bits per heavy atom. The fraction of sp³-hybridized carbons (Fsp3) is 0.500. The van der Waals surface area contributed by atoms with Gasteiger partial charge in [-0.1, -0.05) is 15.9 Å². The minimum absolute atomic E-state index is 0.177. The Kier molecular flexibility index (Phi) is 3.01. The minimum Gasteiger partial charge on any atom is -0.493 e. The maximum absolute atomic E-state index is 13.0.